The number of aryl methyl sites for hydroxylation is 2. The summed E-state index contributed by atoms with van der Waals surface area (Å²) in [5.74, 6) is -0.183. The van der Waals surface area contributed by atoms with E-state index in [1.807, 2.05) is 61.1 Å². The minimum absolute atomic E-state index is 0.183. The molecule has 4 rings (SSSR count). The number of carbonyl (C=O) groups is 1. The molecule has 0 fully saturated rings. The monoisotopic (exact) mass is 385 g/mol. The molecule has 0 aliphatic heterocycles. The molecule has 2 aromatic heterocycles. The van der Waals surface area contributed by atoms with Crippen molar-refractivity contribution in [1.82, 2.24) is 19.6 Å². The summed E-state index contributed by atoms with van der Waals surface area (Å²) in [5.41, 5.74) is 6.05. The van der Waals surface area contributed by atoms with Crippen molar-refractivity contribution in [2.45, 2.75) is 27.3 Å². The summed E-state index contributed by atoms with van der Waals surface area (Å²) in [4.78, 5) is 12.9. The number of aromatic nitrogens is 4. The van der Waals surface area contributed by atoms with Crippen LogP contribution in [0.3, 0.4) is 0 Å². The first-order valence-electron chi connectivity index (χ1n) is 9.52. The topological polar surface area (TPSA) is 64.7 Å². The van der Waals surface area contributed by atoms with Gasteiger partial charge in [0.05, 0.1) is 41.1 Å². The highest BCUT2D eigenvalue weighted by atomic mass is 16.1. The van der Waals surface area contributed by atoms with Crippen LogP contribution >= 0.6 is 0 Å². The average molecular weight is 385 g/mol. The molecule has 1 N–H and O–H groups in total. The molecular formula is C23H23N5O. The van der Waals surface area contributed by atoms with Gasteiger partial charge in [-0.05, 0) is 38.5 Å². The Hall–Kier alpha value is -3.67. The minimum Gasteiger partial charge on any atom is -0.319 e. The van der Waals surface area contributed by atoms with Crippen LogP contribution in [0.1, 0.15) is 32.9 Å². The highest BCUT2D eigenvalue weighted by Crippen LogP contribution is 2.19. The number of anilines is 1. The number of nitrogens with zero attached hydrogens (tertiary/aromatic N) is 4. The van der Waals surface area contributed by atoms with Crippen molar-refractivity contribution in [3.63, 3.8) is 0 Å². The van der Waals surface area contributed by atoms with E-state index >= 15 is 0 Å². The lowest BCUT2D eigenvalue weighted by atomic mass is 10.1. The molecular weight excluding hydrogens is 362 g/mol. The lowest BCUT2D eigenvalue weighted by molar-refractivity contribution is 0.102. The van der Waals surface area contributed by atoms with Gasteiger partial charge in [0, 0.05) is 6.20 Å². The van der Waals surface area contributed by atoms with Crippen molar-refractivity contribution in [3.05, 3.63) is 95.1 Å². The summed E-state index contributed by atoms with van der Waals surface area (Å²) >= 11 is 0. The SMILES string of the molecule is Cc1cccc(Cn2cc(NC(=O)c3c(C)nn(-c4ccccc4)c3C)cn2)c1. The van der Waals surface area contributed by atoms with E-state index in [1.54, 1.807) is 10.9 Å². The molecule has 2 aromatic carbocycles. The lowest BCUT2D eigenvalue weighted by Crippen LogP contribution is -2.13. The number of amides is 1. The maximum Gasteiger partial charge on any atom is 0.259 e. The third-order valence-electron chi connectivity index (χ3n) is 4.84. The molecule has 4 aromatic rings. The standard InChI is InChI=1S/C23H23N5O/c1-16-8-7-9-19(12-16)14-27-15-20(13-24-27)25-23(29)22-17(2)26-28(18(22)3)21-10-5-4-6-11-21/h4-13,15H,14H2,1-3H3,(H,25,29). The summed E-state index contributed by atoms with van der Waals surface area (Å²) in [6.07, 6.45) is 3.51. The van der Waals surface area contributed by atoms with Gasteiger partial charge in [0.15, 0.2) is 0 Å². The van der Waals surface area contributed by atoms with Crippen molar-refractivity contribution in [2.24, 2.45) is 0 Å². The van der Waals surface area contributed by atoms with E-state index in [2.05, 4.69) is 40.6 Å². The van der Waals surface area contributed by atoms with Gasteiger partial charge in [-0.15, -0.1) is 0 Å². The van der Waals surface area contributed by atoms with E-state index in [9.17, 15) is 4.79 Å². The van der Waals surface area contributed by atoms with Crippen LogP contribution in [0.4, 0.5) is 5.69 Å². The van der Waals surface area contributed by atoms with Gasteiger partial charge in [0.1, 0.15) is 0 Å². The van der Waals surface area contributed by atoms with E-state index in [0.717, 1.165) is 11.4 Å². The Kier molecular flexibility index (Phi) is 4.99. The second-order valence-electron chi connectivity index (χ2n) is 7.16. The molecule has 1 amide bonds. The maximum atomic E-state index is 12.9. The van der Waals surface area contributed by atoms with Gasteiger partial charge in [-0.2, -0.15) is 10.2 Å². The number of benzene rings is 2. The predicted octanol–water partition coefficient (Wildman–Crippen LogP) is 4.29. The highest BCUT2D eigenvalue weighted by Gasteiger charge is 2.20. The first kappa shape index (κ1) is 18.7. The molecule has 2 heterocycles. The zero-order valence-corrected chi connectivity index (χ0v) is 16.8. The Bertz CT molecular complexity index is 1160. The van der Waals surface area contributed by atoms with Crippen molar-refractivity contribution in [2.75, 3.05) is 5.32 Å². The zero-order chi connectivity index (χ0) is 20.4. The third kappa shape index (κ3) is 3.96. The van der Waals surface area contributed by atoms with E-state index in [1.165, 1.54) is 11.1 Å². The maximum absolute atomic E-state index is 12.9. The highest BCUT2D eigenvalue weighted by molar-refractivity contribution is 6.05. The van der Waals surface area contributed by atoms with Crippen molar-refractivity contribution in [3.8, 4) is 5.69 Å². The van der Waals surface area contributed by atoms with Crippen LogP contribution in [-0.4, -0.2) is 25.5 Å². The van der Waals surface area contributed by atoms with E-state index in [0.29, 0.717) is 23.5 Å². The van der Waals surface area contributed by atoms with E-state index in [-0.39, 0.29) is 5.91 Å². The molecule has 0 atom stereocenters. The molecule has 0 aliphatic rings. The molecule has 0 unspecified atom stereocenters. The van der Waals surface area contributed by atoms with Crippen LogP contribution in [0.2, 0.25) is 0 Å². The van der Waals surface area contributed by atoms with E-state index < -0.39 is 0 Å². The van der Waals surface area contributed by atoms with Crippen LogP contribution in [0.5, 0.6) is 0 Å². The predicted molar refractivity (Wildman–Crippen MR) is 113 cm³/mol. The van der Waals surface area contributed by atoms with Crippen molar-refractivity contribution >= 4 is 11.6 Å². The Labute approximate surface area is 169 Å². The van der Waals surface area contributed by atoms with E-state index in [4.69, 9.17) is 0 Å². The number of nitrogens with one attached hydrogen (secondary N) is 1. The van der Waals surface area contributed by atoms with Gasteiger partial charge in [0.25, 0.3) is 5.91 Å². The minimum atomic E-state index is -0.183. The fraction of sp³-hybridized carbons (Fsp3) is 0.174. The van der Waals surface area contributed by atoms with Crippen molar-refractivity contribution < 1.29 is 4.79 Å². The van der Waals surface area contributed by atoms with Gasteiger partial charge >= 0.3 is 0 Å². The summed E-state index contributed by atoms with van der Waals surface area (Å²) in [6.45, 7) is 6.48. The molecule has 0 saturated heterocycles. The Morgan fingerprint density at radius 1 is 1.03 bits per heavy atom. The van der Waals surface area contributed by atoms with Gasteiger partial charge in [-0.1, -0.05) is 48.0 Å². The fourth-order valence-corrected chi connectivity index (χ4v) is 3.50. The quantitative estimate of drug-likeness (QED) is 0.557. The molecule has 0 saturated carbocycles. The molecule has 6 nitrogen and oxygen atoms in total. The molecule has 0 bridgehead atoms. The van der Waals surface area contributed by atoms with Gasteiger partial charge in [-0.3, -0.25) is 9.48 Å². The first-order valence-corrected chi connectivity index (χ1v) is 9.52. The number of carbonyl (C=O) groups excluding carboxylic acids is 1. The Morgan fingerprint density at radius 3 is 2.59 bits per heavy atom. The van der Waals surface area contributed by atoms with Crippen LogP contribution in [0.25, 0.3) is 5.69 Å². The Balaban J connectivity index is 1.52. The smallest absolute Gasteiger partial charge is 0.259 e. The molecule has 146 valence electrons. The second-order valence-corrected chi connectivity index (χ2v) is 7.16. The second kappa shape index (κ2) is 7.75. The van der Waals surface area contributed by atoms with Gasteiger partial charge in [-0.25, -0.2) is 4.68 Å². The van der Waals surface area contributed by atoms with Crippen LogP contribution < -0.4 is 5.32 Å². The van der Waals surface area contributed by atoms with Crippen LogP contribution in [0, 0.1) is 20.8 Å². The first-order chi connectivity index (χ1) is 14.0. The summed E-state index contributed by atoms with van der Waals surface area (Å²) < 4.78 is 3.61. The largest absolute Gasteiger partial charge is 0.319 e. The van der Waals surface area contributed by atoms with Gasteiger partial charge < -0.3 is 5.32 Å². The molecule has 0 aliphatic carbocycles. The number of para-hydroxylation sites is 1. The fourth-order valence-electron chi connectivity index (χ4n) is 3.50. The van der Waals surface area contributed by atoms with Crippen LogP contribution in [-0.2, 0) is 6.54 Å². The average Bonchev–Trinajstić information content (AvgIpc) is 3.25. The normalized spacial score (nSPS) is 10.9. The van der Waals surface area contributed by atoms with Crippen molar-refractivity contribution in [1.29, 1.82) is 0 Å². The molecule has 6 heteroatoms. The molecule has 0 radical (unpaired) electrons. The summed E-state index contributed by atoms with van der Waals surface area (Å²) in [5, 5.41) is 11.9. The Morgan fingerprint density at radius 2 is 1.83 bits per heavy atom. The summed E-state index contributed by atoms with van der Waals surface area (Å²) in [6, 6.07) is 18.1. The zero-order valence-electron chi connectivity index (χ0n) is 16.8. The third-order valence-corrected chi connectivity index (χ3v) is 4.84. The number of rotatable bonds is 5. The van der Waals surface area contributed by atoms with Gasteiger partial charge in [0.2, 0.25) is 0 Å². The number of hydrogen-bond acceptors (Lipinski definition) is 3. The molecule has 29 heavy (non-hydrogen) atoms. The van der Waals surface area contributed by atoms with Crippen LogP contribution in [0.15, 0.2) is 67.0 Å². The molecule has 0 spiro atoms. The lowest BCUT2D eigenvalue weighted by Gasteiger charge is -2.06. The number of hydrogen-bond donors (Lipinski definition) is 1. The summed E-state index contributed by atoms with van der Waals surface area (Å²) in [7, 11) is 0.